The highest BCUT2D eigenvalue weighted by Crippen LogP contribution is 2.15. The Hall–Kier alpha value is -0.390. The molecule has 0 aromatic heterocycles. The quantitative estimate of drug-likeness (QED) is 0.650. The van der Waals surface area contributed by atoms with Gasteiger partial charge in [0.15, 0.2) is 0 Å². The van der Waals surface area contributed by atoms with Crippen molar-refractivity contribution in [2.75, 3.05) is 0 Å². The maximum absolute atomic E-state index is 5.60. The van der Waals surface area contributed by atoms with E-state index in [0.29, 0.717) is 14.9 Å². The van der Waals surface area contributed by atoms with Crippen LogP contribution in [0.1, 0.15) is 20.3 Å². The Kier molecular flexibility index (Phi) is 4.27. The lowest BCUT2D eigenvalue weighted by Gasteiger charge is -2.09. The van der Waals surface area contributed by atoms with Gasteiger partial charge in [-0.1, -0.05) is 37.3 Å². The van der Waals surface area contributed by atoms with Crippen molar-refractivity contribution in [3.8, 4) is 0 Å². The topological polar surface area (TPSA) is 9.23 Å². The molecule has 0 radical (unpaired) electrons. The zero-order valence-corrected chi connectivity index (χ0v) is 8.58. The van der Waals surface area contributed by atoms with Crippen LogP contribution < -0.4 is 5.30 Å². The fourth-order valence-corrected chi connectivity index (χ4v) is 1.59. The predicted octanol–water partition coefficient (Wildman–Crippen LogP) is 2.72. The SMILES string of the molecule is CCC(C)OPc1ccccc1. The van der Waals surface area contributed by atoms with Crippen molar-refractivity contribution in [3.05, 3.63) is 30.3 Å². The molecule has 1 rings (SSSR count). The molecule has 0 heterocycles. The van der Waals surface area contributed by atoms with Crippen LogP contribution in [0.5, 0.6) is 0 Å². The maximum Gasteiger partial charge on any atom is 0.0588 e. The Labute approximate surface area is 76.0 Å². The Balaban J connectivity index is 2.33. The van der Waals surface area contributed by atoms with E-state index in [1.165, 1.54) is 5.30 Å². The van der Waals surface area contributed by atoms with Crippen molar-refractivity contribution < 1.29 is 4.52 Å². The molecule has 1 nitrogen and oxygen atoms in total. The van der Waals surface area contributed by atoms with Gasteiger partial charge in [0.25, 0.3) is 0 Å². The van der Waals surface area contributed by atoms with Crippen molar-refractivity contribution in [1.82, 2.24) is 0 Å². The molecule has 1 aromatic rings. The average molecular weight is 182 g/mol. The number of hydrogen-bond donors (Lipinski definition) is 0. The molecule has 12 heavy (non-hydrogen) atoms. The summed E-state index contributed by atoms with van der Waals surface area (Å²) in [6, 6.07) is 10.3. The van der Waals surface area contributed by atoms with Gasteiger partial charge in [0, 0.05) is 8.81 Å². The summed E-state index contributed by atoms with van der Waals surface area (Å²) in [5.74, 6) is 0. The van der Waals surface area contributed by atoms with Crippen LogP contribution in [0, 0.1) is 0 Å². The molecular formula is C10H15OP. The van der Waals surface area contributed by atoms with E-state index in [9.17, 15) is 0 Å². The molecule has 2 heteroatoms. The first-order chi connectivity index (χ1) is 5.83. The summed E-state index contributed by atoms with van der Waals surface area (Å²) in [6.45, 7) is 4.25. The van der Waals surface area contributed by atoms with Gasteiger partial charge in [-0.2, -0.15) is 0 Å². The Morgan fingerprint density at radius 2 is 2.00 bits per heavy atom. The van der Waals surface area contributed by atoms with Crippen molar-refractivity contribution in [2.24, 2.45) is 0 Å². The summed E-state index contributed by atoms with van der Waals surface area (Å²) >= 11 is 0. The summed E-state index contributed by atoms with van der Waals surface area (Å²) in [5.41, 5.74) is 0. The number of hydrogen-bond acceptors (Lipinski definition) is 1. The molecule has 0 spiro atoms. The molecule has 2 unspecified atom stereocenters. The van der Waals surface area contributed by atoms with Crippen LogP contribution in [0.3, 0.4) is 0 Å². The van der Waals surface area contributed by atoms with Crippen LogP contribution in [0.4, 0.5) is 0 Å². The Bertz CT molecular complexity index is 210. The van der Waals surface area contributed by atoms with Gasteiger partial charge in [0.1, 0.15) is 0 Å². The van der Waals surface area contributed by atoms with Gasteiger partial charge in [-0.05, 0) is 18.6 Å². The van der Waals surface area contributed by atoms with Crippen LogP contribution in [0.2, 0.25) is 0 Å². The second-order valence-electron chi connectivity index (χ2n) is 2.80. The maximum atomic E-state index is 5.60. The molecule has 2 atom stereocenters. The van der Waals surface area contributed by atoms with Gasteiger partial charge in [0.2, 0.25) is 0 Å². The van der Waals surface area contributed by atoms with Crippen molar-refractivity contribution >= 4 is 14.1 Å². The first kappa shape index (κ1) is 9.70. The zero-order valence-electron chi connectivity index (χ0n) is 7.58. The van der Waals surface area contributed by atoms with Gasteiger partial charge in [-0.25, -0.2) is 0 Å². The summed E-state index contributed by atoms with van der Waals surface area (Å²) in [4.78, 5) is 0. The summed E-state index contributed by atoms with van der Waals surface area (Å²) in [6.07, 6.45) is 1.46. The van der Waals surface area contributed by atoms with E-state index in [-0.39, 0.29) is 0 Å². The predicted molar refractivity (Wildman–Crippen MR) is 55.2 cm³/mol. The van der Waals surface area contributed by atoms with E-state index < -0.39 is 0 Å². The zero-order chi connectivity index (χ0) is 8.81. The van der Waals surface area contributed by atoms with Gasteiger partial charge < -0.3 is 4.52 Å². The average Bonchev–Trinajstić information content (AvgIpc) is 2.16. The highest BCUT2D eigenvalue weighted by molar-refractivity contribution is 7.41. The van der Waals surface area contributed by atoms with Crippen molar-refractivity contribution in [2.45, 2.75) is 26.4 Å². The van der Waals surface area contributed by atoms with E-state index >= 15 is 0 Å². The molecule has 1 aromatic carbocycles. The van der Waals surface area contributed by atoms with Gasteiger partial charge in [-0.15, -0.1) is 0 Å². The summed E-state index contributed by atoms with van der Waals surface area (Å²) in [7, 11) is 0.492. The van der Waals surface area contributed by atoms with Crippen LogP contribution in [0.25, 0.3) is 0 Å². The third-order valence-corrected chi connectivity index (χ3v) is 2.82. The third-order valence-electron chi connectivity index (χ3n) is 1.73. The standard InChI is InChI=1S/C10H15OP/c1-3-9(2)11-12-10-7-5-4-6-8-10/h4-9,12H,3H2,1-2H3. The molecular weight excluding hydrogens is 167 g/mol. The third kappa shape index (κ3) is 3.34. The molecule has 0 bridgehead atoms. The smallest absolute Gasteiger partial charge is 0.0588 e. The first-order valence-electron chi connectivity index (χ1n) is 4.29. The fourth-order valence-electron chi connectivity index (χ4n) is 0.758. The lowest BCUT2D eigenvalue weighted by molar-refractivity contribution is 0.253. The summed E-state index contributed by atoms with van der Waals surface area (Å²) < 4.78 is 5.60. The Morgan fingerprint density at radius 1 is 1.33 bits per heavy atom. The first-order valence-corrected chi connectivity index (χ1v) is 5.20. The normalized spacial score (nSPS) is 13.8. The van der Waals surface area contributed by atoms with Crippen molar-refractivity contribution in [3.63, 3.8) is 0 Å². The van der Waals surface area contributed by atoms with Crippen LogP contribution in [-0.2, 0) is 4.52 Å². The Morgan fingerprint density at radius 3 is 2.58 bits per heavy atom. The molecule has 0 aliphatic carbocycles. The monoisotopic (exact) mass is 182 g/mol. The molecule has 0 fully saturated rings. The highest BCUT2D eigenvalue weighted by Gasteiger charge is 1.98. The second-order valence-corrected chi connectivity index (χ2v) is 3.82. The largest absolute Gasteiger partial charge is 0.355 e. The van der Waals surface area contributed by atoms with E-state index in [4.69, 9.17) is 4.52 Å². The molecule has 0 N–H and O–H groups in total. The molecule has 0 aliphatic heterocycles. The van der Waals surface area contributed by atoms with Gasteiger partial charge >= 0.3 is 0 Å². The number of rotatable bonds is 4. The van der Waals surface area contributed by atoms with E-state index in [2.05, 4.69) is 26.0 Å². The second kappa shape index (κ2) is 5.29. The van der Waals surface area contributed by atoms with Gasteiger partial charge in [-0.3, -0.25) is 0 Å². The van der Waals surface area contributed by atoms with E-state index in [0.717, 1.165) is 6.42 Å². The lowest BCUT2D eigenvalue weighted by atomic mass is 10.3. The fraction of sp³-hybridized carbons (Fsp3) is 0.400. The molecule has 0 saturated carbocycles. The molecule has 0 aliphatic rings. The molecule has 66 valence electrons. The van der Waals surface area contributed by atoms with E-state index in [1.54, 1.807) is 0 Å². The van der Waals surface area contributed by atoms with Gasteiger partial charge in [0.05, 0.1) is 6.10 Å². The lowest BCUT2D eigenvalue weighted by Crippen LogP contribution is -2.02. The van der Waals surface area contributed by atoms with Crippen LogP contribution in [-0.4, -0.2) is 6.10 Å². The van der Waals surface area contributed by atoms with Crippen molar-refractivity contribution in [1.29, 1.82) is 0 Å². The van der Waals surface area contributed by atoms with Crippen LogP contribution >= 0.6 is 8.81 Å². The summed E-state index contributed by atoms with van der Waals surface area (Å²) in [5, 5.41) is 1.28. The van der Waals surface area contributed by atoms with E-state index in [1.807, 2.05) is 18.2 Å². The minimum atomic E-state index is 0.378. The molecule has 0 saturated heterocycles. The van der Waals surface area contributed by atoms with Crippen LogP contribution in [0.15, 0.2) is 30.3 Å². The highest BCUT2D eigenvalue weighted by atomic mass is 31.1. The number of benzene rings is 1. The molecule has 0 amide bonds. The minimum absolute atomic E-state index is 0.378. The minimum Gasteiger partial charge on any atom is -0.355 e.